The van der Waals surface area contributed by atoms with Crippen LogP contribution in [0.5, 0.6) is 0 Å². The summed E-state index contributed by atoms with van der Waals surface area (Å²) in [5, 5.41) is 10.1. The van der Waals surface area contributed by atoms with Crippen LogP contribution in [-0.2, 0) is 11.2 Å². The van der Waals surface area contributed by atoms with Crippen molar-refractivity contribution in [1.82, 2.24) is 10.2 Å². The molecule has 4 rings (SSSR count). The maximum absolute atomic E-state index is 12.2. The molecule has 0 spiro atoms. The highest BCUT2D eigenvalue weighted by molar-refractivity contribution is 5.91. The quantitative estimate of drug-likeness (QED) is 0.872. The van der Waals surface area contributed by atoms with Crippen LogP contribution in [0.3, 0.4) is 0 Å². The van der Waals surface area contributed by atoms with Gasteiger partial charge >= 0.3 is 0 Å². The van der Waals surface area contributed by atoms with Crippen molar-refractivity contribution >= 4 is 11.7 Å². The van der Waals surface area contributed by atoms with E-state index in [2.05, 4.69) is 33.7 Å². The van der Waals surface area contributed by atoms with E-state index in [4.69, 9.17) is 0 Å². The molecule has 2 aliphatic carbocycles. The predicted octanol–water partition coefficient (Wildman–Crippen LogP) is 4.13. The Balaban J connectivity index is 1.38. The first kappa shape index (κ1) is 14.5. The van der Waals surface area contributed by atoms with E-state index in [0.717, 1.165) is 11.3 Å². The summed E-state index contributed by atoms with van der Waals surface area (Å²) in [5.41, 5.74) is 3.62. The first-order chi connectivity index (χ1) is 11.3. The number of anilines is 1. The lowest BCUT2D eigenvalue weighted by atomic mass is 9.95. The Kier molecular flexibility index (Phi) is 3.90. The van der Waals surface area contributed by atoms with Crippen LogP contribution in [0.15, 0.2) is 30.3 Å². The Hall–Kier alpha value is -2.10. The minimum atomic E-state index is 0.00224. The molecule has 0 saturated heterocycles. The number of nitrogens with zero attached hydrogens (tertiary/aromatic N) is 1. The van der Waals surface area contributed by atoms with Crippen LogP contribution >= 0.6 is 0 Å². The summed E-state index contributed by atoms with van der Waals surface area (Å²) in [7, 11) is 0. The molecule has 2 fully saturated rings. The number of benzene rings is 1. The van der Waals surface area contributed by atoms with E-state index in [1.165, 1.54) is 44.1 Å². The molecular formula is C19H23N3O. The summed E-state index contributed by atoms with van der Waals surface area (Å²) < 4.78 is 0. The third-order valence-electron chi connectivity index (χ3n) is 5.02. The highest BCUT2D eigenvalue weighted by Gasteiger charge is 2.25. The van der Waals surface area contributed by atoms with E-state index in [9.17, 15) is 4.79 Å². The zero-order valence-electron chi connectivity index (χ0n) is 13.3. The van der Waals surface area contributed by atoms with Gasteiger partial charge in [-0.05, 0) is 42.7 Å². The Labute approximate surface area is 136 Å². The standard InChI is InChI=1S/C19H23N3O/c23-19(20-18-12-17(21-22-18)15-8-9-15)11-13-4-3-7-16(10-13)14-5-1-2-6-14/h3-4,7,10,12,14-15H,1-2,5-6,8-9,11H2,(H2,20,21,22,23). The molecule has 2 saturated carbocycles. The maximum atomic E-state index is 12.2. The van der Waals surface area contributed by atoms with Crippen LogP contribution in [0.25, 0.3) is 0 Å². The lowest BCUT2D eigenvalue weighted by Crippen LogP contribution is -2.14. The minimum absolute atomic E-state index is 0.00224. The number of aromatic nitrogens is 2. The zero-order chi connectivity index (χ0) is 15.6. The highest BCUT2D eigenvalue weighted by atomic mass is 16.1. The fraction of sp³-hybridized carbons (Fsp3) is 0.474. The molecule has 1 aromatic heterocycles. The van der Waals surface area contributed by atoms with Gasteiger partial charge in [0.05, 0.1) is 6.42 Å². The van der Waals surface area contributed by atoms with E-state index in [1.807, 2.05) is 12.1 Å². The molecule has 0 radical (unpaired) electrons. The van der Waals surface area contributed by atoms with Crippen LogP contribution in [-0.4, -0.2) is 16.1 Å². The second kappa shape index (κ2) is 6.19. The van der Waals surface area contributed by atoms with Gasteiger partial charge in [0.2, 0.25) is 5.91 Å². The number of H-pyrrole nitrogens is 1. The number of carbonyl (C=O) groups is 1. The van der Waals surface area contributed by atoms with Crippen LogP contribution in [0.1, 0.15) is 67.2 Å². The van der Waals surface area contributed by atoms with Crippen molar-refractivity contribution in [2.75, 3.05) is 5.32 Å². The zero-order valence-corrected chi connectivity index (χ0v) is 13.3. The van der Waals surface area contributed by atoms with Gasteiger partial charge in [0.1, 0.15) is 0 Å². The molecule has 1 amide bonds. The van der Waals surface area contributed by atoms with Gasteiger partial charge in [-0.3, -0.25) is 9.89 Å². The first-order valence-electron chi connectivity index (χ1n) is 8.72. The van der Waals surface area contributed by atoms with Crippen molar-refractivity contribution < 1.29 is 4.79 Å². The topological polar surface area (TPSA) is 57.8 Å². The molecule has 120 valence electrons. The average Bonchev–Trinajstić information content (AvgIpc) is 3.07. The van der Waals surface area contributed by atoms with Crippen molar-refractivity contribution in [2.24, 2.45) is 0 Å². The van der Waals surface area contributed by atoms with Gasteiger partial charge in [0.15, 0.2) is 5.82 Å². The van der Waals surface area contributed by atoms with Gasteiger partial charge in [-0.25, -0.2) is 0 Å². The molecule has 23 heavy (non-hydrogen) atoms. The molecular weight excluding hydrogens is 286 g/mol. The van der Waals surface area contributed by atoms with Crippen LogP contribution in [0.2, 0.25) is 0 Å². The Morgan fingerprint density at radius 3 is 2.74 bits per heavy atom. The largest absolute Gasteiger partial charge is 0.309 e. The van der Waals surface area contributed by atoms with Gasteiger partial charge in [0.25, 0.3) is 0 Å². The lowest BCUT2D eigenvalue weighted by Gasteiger charge is -2.11. The Bertz CT molecular complexity index is 696. The summed E-state index contributed by atoms with van der Waals surface area (Å²) in [6.07, 6.45) is 8.09. The highest BCUT2D eigenvalue weighted by Crippen LogP contribution is 2.39. The van der Waals surface area contributed by atoms with E-state index in [0.29, 0.717) is 24.1 Å². The van der Waals surface area contributed by atoms with Crippen molar-refractivity contribution in [3.8, 4) is 0 Å². The van der Waals surface area contributed by atoms with E-state index in [-0.39, 0.29) is 5.91 Å². The maximum Gasteiger partial charge on any atom is 0.229 e. The SMILES string of the molecule is O=C(Cc1cccc(C2CCCC2)c1)Nc1cc(C2CC2)[nH]n1. The van der Waals surface area contributed by atoms with Crippen molar-refractivity contribution in [1.29, 1.82) is 0 Å². The van der Waals surface area contributed by atoms with Gasteiger partial charge in [-0.15, -0.1) is 0 Å². The molecule has 0 bridgehead atoms. The second-order valence-corrected chi connectivity index (χ2v) is 6.93. The summed E-state index contributed by atoms with van der Waals surface area (Å²) in [5.74, 6) is 1.95. The molecule has 1 aromatic carbocycles. The number of carbonyl (C=O) groups excluding carboxylic acids is 1. The number of hydrogen-bond acceptors (Lipinski definition) is 2. The van der Waals surface area contributed by atoms with Gasteiger partial charge in [0, 0.05) is 17.7 Å². The van der Waals surface area contributed by atoms with Gasteiger partial charge in [-0.1, -0.05) is 37.1 Å². The Morgan fingerprint density at radius 1 is 1.13 bits per heavy atom. The number of amides is 1. The monoisotopic (exact) mass is 309 g/mol. The fourth-order valence-electron chi connectivity index (χ4n) is 3.59. The molecule has 2 aliphatic rings. The Morgan fingerprint density at radius 2 is 1.96 bits per heavy atom. The minimum Gasteiger partial charge on any atom is -0.309 e. The van der Waals surface area contributed by atoms with Crippen molar-refractivity contribution in [2.45, 2.75) is 56.8 Å². The van der Waals surface area contributed by atoms with Gasteiger partial charge < -0.3 is 5.32 Å². The lowest BCUT2D eigenvalue weighted by molar-refractivity contribution is -0.115. The van der Waals surface area contributed by atoms with Crippen molar-refractivity contribution in [3.05, 3.63) is 47.2 Å². The smallest absolute Gasteiger partial charge is 0.229 e. The summed E-state index contributed by atoms with van der Waals surface area (Å²) >= 11 is 0. The van der Waals surface area contributed by atoms with Crippen LogP contribution in [0.4, 0.5) is 5.82 Å². The molecule has 0 unspecified atom stereocenters. The second-order valence-electron chi connectivity index (χ2n) is 6.93. The van der Waals surface area contributed by atoms with Crippen LogP contribution < -0.4 is 5.32 Å². The molecule has 2 N–H and O–H groups in total. The molecule has 4 heteroatoms. The predicted molar refractivity (Wildman–Crippen MR) is 90.5 cm³/mol. The molecule has 0 aliphatic heterocycles. The molecule has 2 aromatic rings. The fourth-order valence-corrected chi connectivity index (χ4v) is 3.59. The first-order valence-corrected chi connectivity index (χ1v) is 8.72. The summed E-state index contributed by atoms with van der Waals surface area (Å²) in [6.45, 7) is 0. The van der Waals surface area contributed by atoms with E-state index >= 15 is 0 Å². The van der Waals surface area contributed by atoms with Crippen molar-refractivity contribution in [3.63, 3.8) is 0 Å². The number of hydrogen-bond donors (Lipinski definition) is 2. The summed E-state index contributed by atoms with van der Waals surface area (Å²) in [6, 6.07) is 10.5. The number of nitrogens with one attached hydrogen (secondary N) is 2. The third kappa shape index (κ3) is 3.46. The number of rotatable bonds is 5. The molecule has 4 nitrogen and oxygen atoms in total. The van der Waals surface area contributed by atoms with E-state index in [1.54, 1.807) is 0 Å². The van der Waals surface area contributed by atoms with E-state index < -0.39 is 0 Å². The summed E-state index contributed by atoms with van der Waals surface area (Å²) in [4.78, 5) is 12.2. The normalized spacial score (nSPS) is 18.3. The molecule has 1 heterocycles. The number of aromatic amines is 1. The van der Waals surface area contributed by atoms with Crippen LogP contribution in [0, 0.1) is 0 Å². The van der Waals surface area contributed by atoms with Gasteiger partial charge in [-0.2, -0.15) is 5.10 Å². The third-order valence-corrected chi connectivity index (χ3v) is 5.02. The molecule has 0 atom stereocenters. The average molecular weight is 309 g/mol.